The Morgan fingerprint density at radius 3 is 2.40 bits per heavy atom. The number of carbonyl (C=O) groups is 1. The van der Waals surface area contributed by atoms with Gasteiger partial charge in [-0.25, -0.2) is 0 Å². The van der Waals surface area contributed by atoms with Crippen molar-refractivity contribution in [3.05, 3.63) is 17.5 Å². The molecule has 0 radical (unpaired) electrons. The number of nitrogens with zero attached hydrogens (tertiary/aromatic N) is 1. The smallest absolute Gasteiger partial charge is 0.171 e. The van der Waals surface area contributed by atoms with Crippen LogP contribution in [-0.2, 0) is 0 Å². The van der Waals surface area contributed by atoms with Crippen molar-refractivity contribution in [1.82, 2.24) is 5.16 Å². The second kappa shape index (κ2) is 4.73. The van der Waals surface area contributed by atoms with E-state index >= 15 is 0 Å². The van der Waals surface area contributed by atoms with Crippen LogP contribution in [0.4, 0.5) is 0 Å². The first-order valence-electron chi connectivity index (χ1n) is 3.21. The first-order chi connectivity index (χ1) is 4.83. The molecule has 0 N–H and O–H groups in total. The average molecular weight is 141 g/mol. The van der Waals surface area contributed by atoms with Crippen LogP contribution >= 0.6 is 0 Å². The number of hydrogen-bond donors (Lipinski definition) is 0. The Hall–Kier alpha value is -1.12. The van der Waals surface area contributed by atoms with Crippen LogP contribution < -0.4 is 0 Å². The summed E-state index contributed by atoms with van der Waals surface area (Å²) >= 11 is 0. The lowest BCUT2D eigenvalue weighted by Crippen LogP contribution is -1.72. The van der Waals surface area contributed by atoms with Gasteiger partial charge < -0.3 is 4.52 Å². The van der Waals surface area contributed by atoms with Crippen molar-refractivity contribution in [3.63, 3.8) is 0 Å². The zero-order valence-corrected chi connectivity index (χ0v) is 6.42. The molecule has 0 aliphatic rings. The highest BCUT2D eigenvalue weighted by Gasteiger charge is 1.93. The second-order valence-corrected chi connectivity index (χ2v) is 1.48. The van der Waals surface area contributed by atoms with Crippen molar-refractivity contribution >= 4 is 6.29 Å². The molecular formula is C7H11NO2. The molecule has 0 bridgehead atoms. The van der Waals surface area contributed by atoms with Gasteiger partial charge >= 0.3 is 0 Å². The fourth-order valence-corrected chi connectivity index (χ4v) is 0.441. The van der Waals surface area contributed by atoms with E-state index in [0.29, 0.717) is 17.7 Å². The summed E-state index contributed by atoms with van der Waals surface area (Å²) in [7, 11) is 0. The van der Waals surface area contributed by atoms with Gasteiger partial charge in [0.1, 0.15) is 11.5 Å². The van der Waals surface area contributed by atoms with Crippen LogP contribution in [0.15, 0.2) is 10.6 Å². The quantitative estimate of drug-likeness (QED) is 0.560. The summed E-state index contributed by atoms with van der Waals surface area (Å²) in [5, 5.41) is 3.39. The summed E-state index contributed by atoms with van der Waals surface area (Å²) in [6.45, 7) is 5.74. The zero-order valence-electron chi connectivity index (χ0n) is 6.42. The summed E-state index contributed by atoms with van der Waals surface area (Å²) < 4.78 is 4.57. The maximum absolute atomic E-state index is 9.90. The molecule has 3 heteroatoms. The molecule has 0 aliphatic carbocycles. The Balaban J connectivity index is 0.000000371. The fourth-order valence-electron chi connectivity index (χ4n) is 0.441. The van der Waals surface area contributed by atoms with Crippen molar-refractivity contribution < 1.29 is 9.32 Å². The van der Waals surface area contributed by atoms with Crippen molar-refractivity contribution in [2.24, 2.45) is 0 Å². The lowest BCUT2D eigenvalue weighted by Gasteiger charge is -1.65. The van der Waals surface area contributed by atoms with E-state index in [-0.39, 0.29) is 0 Å². The van der Waals surface area contributed by atoms with E-state index in [1.807, 2.05) is 13.8 Å². The Labute approximate surface area is 60.0 Å². The molecule has 0 saturated carbocycles. The van der Waals surface area contributed by atoms with Gasteiger partial charge in [-0.15, -0.1) is 0 Å². The van der Waals surface area contributed by atoms with Gasteiger partial charge in [-0.1, -0.05) is 19.0 Å². The Morgan fingerprint density at radius 1 is 1.60 bits per heavy atom. The SMILES string of the molecule is CC.Cc1cc(C=O)no1. The first kappa shape index (κ1) is 8.88. The molecule has 0 spiro atoms. The molecule has 10 heavy (non-hydrogen) atoms. The third kappa shape index (κ3) is 2.44. The zero-order chi connectivity index (χ0) is 7.98. The van der Waals surface area contributed by atoms with E-state index in [0.717, 1.165) is 0 Å². The Kier molecular flexibility index (Phi) is 4.20. The van der Waals surface area contributed by atoms with Gasteiger partial charge in [-0.2, -0.15) is 0 Å². The highest BCUT2D eigenvalue weighted by atomic mass is 16.5. The van der Waals surface area contributed by atoms with E-state index in [2.05, 4.69) is 9.68 Å². The molecule has 1 heterocycles. The van der Waals surface area contributed by atoms with Crippen LogP contribution in [0.25, 0.3) is 0 Å². The summed E-state index contributed by atoms with van der Waals surface area (Å²) in [4.78, 5) is 9.90. The average Bonchev–Trinajstić information content (AvgIpc) is 2.40. The molecule has 0 aliphatic heterocycles. The monoisotopic (exact) mass is 141 g/mol. The van der Waals surface area contributed by atoms with Crippen molar-refractivity contribution in [2.45, 2.75) is 20.8 Å². The molecule has 1 aromatic heterocycles. The van der Waals surface area contributed by atoms with Gasteiger partial charge in [0.25, 0.3) is 0 Å². The molecule has 0 saturated heterocycles. The molecule has 0 unspecified atom stereocenters. The van der Waals surface area contributed by atoms with Crippen LogP contribution in [0, 0.1) is 6.92 Å². The lowest BCUT2D eigenvalue weighted by molar-refractivity contribution is 0.111. The van der Waals surface area contributed by atoms with Gasteiger partial charge in [0, 0.05) is 6.07 Å². The number of aromatic nitrogens is 1. The maximum Gasteiger partial charge on any atom is 0.171 e. The Bertz CT molecular complexity index is 193. The van der Waals surface area contributed by atoms with E-state index in [1.165, 1.54) is 0 Å². The second-order valence-electron chi connectivity index (χ2n) is 1.48. The lowest BCUT2D eigenvalue weighted by atomic mass is 10.4. The van der Waals surface area contributed by atoms with Gasteiger partial charge in [-0.05, 0) is 6.92 Å². The summed E-state index contributed by atoms with van der Waals surface area (Å²) in [5.41, 5.74) is 0.350. The molecule has 0 amide bonds. The third-order valence-corrected chi connectivity index (χ3v) is 0.767. The van der Waals surface area contributed by atoms with Crippen LogP contribution in [-0.4, -0.2) is 11.4 Å². The van der Waals surface area contributed by atoms with Gasteiger partial charge in [-0.3, -0.25) is 4.79 Å². The minimum absolute atomic E-state index is 0.350. The number of aryl methyl sites for hydroxylation is 1. The number of hydrogen-bond acceptors (Lipinski definition) is 3. The van der Waals surface area contributed by atoms with Crippen molar-refractivity contribution in [1.29, 1.82) is 0 Å². The number of rotatable bonds is 1. The van der Waals surface area contributed by atoms with Crippen LogP contribution in [0.2, 0.25) is 0 Å². The molecule has 1 aromatic rings. The minimum Gasteiger partial charge on any atom is -0.361 e. The van der Waals surface area contributed by atoms with Gasteiger partial charge in [0.2, 0.25) is 0 Å². The Morgan fingerprint density at radius 2 is 2.20 bits per heavy atom. The molecule has 3 nitrogen and oxygen atoms in total. The van der Waals surface area contributed by atoms with E-state index in [9.17, 15) is 4.79 Å². The maximum atomic E-state index is 9.90. The molecule has 1 rings (SSSR count). The van der Waals surface area contributed by atoms with Crippen LogP contribution in [0.1, 0.15) is 30.1 Å². The predicted octanol–water partition coefficient (Wildman–Crippen LogP) is 1.82. The fraction of sp³-hybridized carbons (Fsp3) is 0.429. The molecule has 56 valence electrons. The standard InChI is InChI=1S/C5H5NO2.C2H6/c1-4-2-5(3-7)6-8-4;1-2/h2-3H,1H3;1-2H3. The first-order valence-corrected chi connectivity index (χ1v) is 3.21. The van der Waals surface area contributed by atoms with Crippen molar-refractivity contribution in [2.75, 3.05) is 0 Å². The number of carbonyl (C=O) groups excluding carboxylic acids is 1. The minimum atomic E-state index is 0.350. The topological polar surface area (TPSA) is 43.1 Å². The van der Waals surface area contributed by atoms with Crippen LogP contribution in [0.3, 0.4) is 0 Å². The molecular weight excluding hydrogens is 130 g/mol. The van der Waals surface area contributed by atoms with E-state index in [4.69, 9.17) is 0 Å². The van der Waals surface area contributed by atoms with Crippen molar-refractivity contribution in [3.8, 4) is 0 Å². The summed E-state index contributed by atoms with van der Waals surface area (Å²) in [5.74, 6) is 0.659. The van der Waals surface area contributed by atoms with Crippen LogP contribution in [0.5, 0.6) is 0 Å². The summed E-state index contributed by atoms with van der Waals surface area (Å²) in [6.07, 6.45) is 0.649. The van der Waals surface area contributed by atoms with E-state index in [1.54, 1.807) is 13.0 Å². The number of aldehydes is 1. The molecule has 0 fully saturated rings. The largest absolute Gasteiger partial charge is 0.361 e. The predicted molar refractivity (Wildman–Crippen MR) is 38.0 cm³/mol. The molecule has 0 aromatic carbocycles. The normalized spacial score (nSPS) is 7.90. The van der Waals surface area contributed by atoms with E-state index < -0.39 is 0 Å². The highest BCUT2D eigenvalue weighted by Crippen LogP contribution is 1.96. The van der Waals surface area contributed by atoms with Gasteiger partial charge in [0.05, 0.1) is 0 Å². The summed E-state index contributed by atoms with van der Waals surface area (Å²) in [6, 6.07) is 1.58. The van der Waals surface area contributed by atoms with Gasteiger partial charge in [0.15, 0.2) is 6.29 Å². The third-order valence-electron chi connectivity index (χ3n) is 0.767. The molecule has 0 atom stereocenters. The highest BCUT2D eigenvalue weighted by molar-refractivity contribution is 5.71.